The third-order valence-electron chi connectivity index (χ3n) is 5.58. The highest BCUT2D eigenvalue weighted by Crippen LogP contribution is 2.46. The maximum atomic E-state index is 5.56. The summed E-state index contributed by atoms with van der Waals surface area (Å²) < 4.78 is 22.1. The molecule has 0 aliphatic carbocycles. The monoisotopic (exact) mass is 391 g/mol. The fraction of sp³-hybridized carbons (Fsp3) is 0.429. The number of methoxy groups -OCH3 is 4. The van der Waals surface area contributed by atoms with E-state index in [-0.39, 0.29) is 18.4 Å². The Balaban J connectivity index is 0.00000210. The van der Waals surface area contributed by atoms with Crippen molar-refractivity contribution in [2.24, 2.45) is 0 Å². The number of hydrogen-bond acceptors (Lipinski definition) is 5. The summed E-state index contributed by atoms with van der Waals surface area (Å²) in [5.41, 5.74) is 5.24. The van der Waals surface area contributed by atoms with E-state index < -0.39 is 0 Å². The molecule has 0 N–H and O–H groups in total. The lowest BCUT2D eigenvalue weighted by Crippen LogP contribution is -2.40. The van der Waals surface area contributed by atoms with Gasteiger partial charge in [0.2, 0.25) is 0 Å². The Kier molecular flexibility index (Phi) is 5.72. The molecule has 2 aliphatic heterocycles. The standard InChI is InChI=1S/C21H25NO4.ClH/c1-23-17-9-13-5-7-22-8-6-14-10-18(24-2)20(26-4)12-16(14)21(22)15(13)11-19(17)25-3;/h9-12,21H,5-8H2,1-4H3;1H. The number of ether oxygens (including phenoxy) is 4. The van der Waals surface area contributed by atoms with E-state index in [0.717, 1.165) is 48.9 Å². The van der Waals surface area contributed by atoms with Crippen LogP contribution < -0.4 is 18.9 Å². The van der Waals surface area contributed by atoms with E-state index in [2.05, 4.69) is 29.2 Å². The zero-order valence-corrected chi connectivity index (χ0v) is 17.0. The first kappa shape index (κ1) is 19.6. The molecule has 0 saturated carbocycles. The highest BCUT2D eigenvalue weighted by atomic mass is 35.5. The molecule has 0 spiro atoms. The highest BCUT2D eigenvalue weighted by molar-refractivity contribution is 5.85. The first-order valence-electron chi connectivity index (χ1n) is 8.93. The molecule has 0 aromatic heterocycles. The van der Waals surface area contributed by atoms with E-state index in [9.17, 15) is 0 Å². The molecule has 0 saturated heterocycles. The van der Waals surface area contributed by atoms with E-state index in [4.69, 9.17) is 18.9 Å². The molecule has 0 amide bonds. The van der Waals surface area contributed by atoms with E-state index >= 15 is 0 Å². The fourth-order valence-corrected chi connectivity index (χ4v) is 4.27. The molecule has 0 unspecified atom stereocenters. The lowest BCUT2D eigenvalue weighted by Gasteiger charge is -2.42. The lowest BCUT2D eigenvalue weighted by atomic mass is 9.82. The summed E-state index contributed by atoms with van der Waals surface area (Å²) >= 11 is 0. The van der Waals surface area contributed by atoms with Crippen LogP contribution >= 0.6 is 12.4 Å². The molecule has 2 heterocycles. The smallest absolute Gasteiger partial charge is 0.161 e. The van der Waals surface area contributed by atoms with Crippen molar-refractivity contribution < 1.29 is 18.9 Å². The van der Waals surface area contributed by atoms with Gasteiger partial charge in [-0.05, 0) is 59.4 Å². The average molecular weight is 392 g/mol. The summed E-state index contributed by atoms with van der Waals surface area (Å²) in [6.07, 6.45) is 2.05. The summed E-state index contributed by atoms with van der Waals surface area (Å²) in [4.78, 5) is 2.54. The molecule has 4 rings (SSSR count). The predicted molar refractivity (Wildman–Crippen MR) is 107 cm³/mol. The number of benzene rings is 2. The Bertz CT molecular complexity index is 772. The molecule has 0 fully saturated rings. The van der Waals surface area contributed by atoms with Crippen molar-refractivity contribution in [1.29, 1.82) is 0 Å². The van der Waals surface area contributed by atoms with E-state index in [1.165, 1.54) is 22.3 Å². The van der Waals surface area contributed by atoms with Crippen LogP contribution in [-0.4, -0.2) is 46.4 Å². The van der Waals surface area contributed by atoms with Crippen LogP contribution in [0.5, 0.6) is 23.0 Å². The summed E-state index contributed by atoms with van der Waals surface area (Å²) in [5.74, 6) is 3.15. The molecule has 0 bridgehead atoms. The van der Waals surface area contributed by atoms with Crippen LogP contribution in [-0.2, 0) is 12.8 Å². The van der Waals surface area contributed by atoms with Gasteiger partial charge in [0.05, 0.1) is 34.5 Å². The normalized spacial score (nSPS) is 15.7. The van der Waals surface area contributed by atoms with E-state index in [1.54, 1.807) is 28.4 Å². The number of rotatable bonds is 4. The van der Waals surface area contributed by atoms with Crippen molar-refractivity contribution in [3.05, 3.63) is 46.5 Å². The molecule has 0 atom stereocenters. The predicted octanol–water partition coefficient (Wildman–Crippen LogP) is 3.65. The third-order valence-corrected chi connectivity index (χ3v) is 5.58. The van der Waals surface area contributed by atoms with Crippen LogP contribution in [0.25, 0.3) is 0 Å². The van der Waals surface area contributed by atoms with Gasteiger partial charge >= 0.3 is 0 Å². The van der Waals surface area contributed by atoms with Crippen molar-refractivity contribution in [1.82, 2.24) is 4.90 Å². The first-order valence-corrected chi connectivity index (χ1v) is 8.93. The van der Waals surface area contributed by atoms with Crippen molar-refractivity contribution in [3.8, 4) is 23.0 Å². The van der Waals surface area contributed by atoms with Crippen LogP contribution in [0.15, 0.2) is 24.3 Å². The SMILES string of the molecule is COc1cc2c(cc1OC)C1c3cc(OC)c(OC)cc3CCN1CC2.Cl. The molecule has 2 aromatic carbocycles. The zero-order valence-electron chi connectivity index (χ0n) is 16.2. The highest BCUT2D eigenvalue weighted by Gasteiger charge is 2.35. The molecule has 5 nitrogen and oxygen atoms in total. The van der Waals surface area contributed by atoms with Crippen molar-refractivity contribution >= 4 is 12.4 Å². The van der Waals surface area contributed by atoms with Crippen LogP contribution in [0.3, 0.4) is 0 Å². The Hall–Kier alpha value is -2.11. The molecule has 2 aliphatic rings. The molecule has 2 aromatic rings. The Morgan fingerprint density at radius 3 is 1.41 bits per heavy atom. The zero-order chi connectivity index (χ0) is 18.3. The van der Waals surface area contributed by atoms with Gasteiger partial charge in [-0.15, -0.1) is 12.4 Å². The van der Waals surface area contributed by atoms with Crippen LogP contribution in [0.4, 0.5) is 0 Å². The van der Waals surface area contributed by atoms with Gasteiger partial charge in [-0.3, -0.25) is 4.90 Å². The number of hydrogen-bond donors (Lipinski definition) is 0. The van der Waals surface area contributed by atoms with Gasteiger partial charge in [0.25, 0.3) is 0 Å². The topological polar surface area (TPSA) is 40.2 Å². The van der Waals surface area contributed by atoms with Gasteiger partial charge in [-0.25, -0.2) is 0 Å². The largest absolute Gasteiger partial charge is 0.493 e. The fourth-order valence-electron chi connectivity index (χ4n) is 4.27. The third kappa shape index (κ3) is 3.19. The van der Waals surface area contributed by atoms with Crippen molar-refractivity contribution in [2.75, 3.05) is 41.5 Å². The van der Waals surface area contributed by atoms with Gasteiger partial charge in [-0.2, -0.15) is 0 Å². The van der Waals surface area contributed by atoms with Gasteiger partial charge in [0.15, 0.2) is 23.0 Å². The second-order valence-electron chi connectivity index (χ2n) is 6.75. The molecular weight excluding hydrogens is 366 g/mol. The Morgan fingerprint density at radius 1 is 0.667 bits per heavy atom. The number of nitrogens with zero attached hydrogens (tertiary/aromatic N) is 1. The summed E-state index contributed by atoms with van der Waals surface area (Å²) in [6, 6.07) is 8.73. The van der Waals surface area contributed by atoms with Gasteiger partial charge < -0.3 is 18.9 Å². The maximum Gasteiger partial charge on any atom is 0.161 e. The number of halogens is 1. The Labute approximate surface area is 166 Å². The van der Waals surface area contributed by atoms with Crippen molar-refractivity contribution in [2.45, 2.75) is 18.9 Å². The number of fused-ring (bicyclic) bond motifs is 5. The minimum absolute atomic E-state index is 0. The molecular formula is C21H26ClNO4. The first-order chi connectivity index (χ1) is 12.7. The average Bonchev–Trinajstić information content (AvgIpc) is 2.70. The van der Waals surface area contributed by atoms with Crippen LogP contribution in [0.2, 0.25) is 0 Å². The Morgan fingerprint density at radius 2 is 1.04 bits per heavy atom. The second kappa shape index (κ2) is 7.87. The molecule has 0 radical (unpaired) electrons. The summed E-state index contributed by atoms with van der Waals surface area (Å²) in [6.45, 7) is 2.09. The van der Waals surface area contributed by atoms with Gasteiger partial charge in [-0.1, -0.05) is 0 Å². The molecule has 6 heteroatoms. The molecule has 27 heavy (non-hydrogen) atoms. The molecule has 146 valence electrons. The van der Waals surface area contributed by atoms with Crippen molar-refractivity contribution in [3.63, 3.8) is 0 Å². The second-order valence-corrected chi connectivity index (χ2v) is 6.75. The summed E-state index contributed by atoms with van der Waals surface area (Å²) in [5, 5.41) is 0. The summed E-state index contributed by atoms with van der Waals surface area (Å²) in [7, 11) is 6.75. The minimum atomic E-state index is 0. The van der Waals surface area contributed by atoms with Gasteiger partial charge in [0.1, 0.15) is 0 Å². The maximum absolute atomic E-state index is 5.56. The van der Waals surface area contributed by atoms with Crippen LogP contribution in [0.1, 0.15) is 28.3 Å². The van der Waals surface area contributed by atoms with E-state index in [0.29, 0.717) is 0 Å². The van der Waals surface area contributed by atoms with Crippen LogP contribution in [0, 0.1) is 0 Å². The lowest BCUT2D eigenvalue weighted by molar-refractivity contribution is 0.200. The van der Waals surface area contributed by atoms with Gasteiger partial charge in [0, 0.05) is 13.1 Å². The minimum Gasteiger partial charge on any atom is -0.493 e. The van der Waals surface area contributed by atoms with E-state index in [1.807, 2.05) is 0 Å². The quantitative estimate of drug-likeness (QED) is 0.795.